The maximum atomic E-state index is 12.6. The third-order valence-corrected chi connectivity index (χ3v) is 6.63. The average molecular weight is 314 g/mol. The molecule has 2 unspecified atom stereocenters. The van der Waals surface area contributed by atoms with Crippen LogP contribution in [0.4, 0.5) is 0 Å². The molecular formula is C18H22N2OS. The maximum Gasteiger partial charge on any atom is 0.224 e. The van der Waals surface area contributed by atoms with Gasteiger partial charge in [0.05, 0.1) is 6.04 Å². The summed E-state index contributed by atoms with van der Waals surface area (Å²) < 4.78 is 1.29. The number of fused-ring (bicyclic) bond motifs is 1. The Kier molecular flexibility index (Phi) is 3.46. The van der Waals surface area contributed by atoms with Crippen LogP contribution in [0.15, 0.2) is 30.3 Å². The number of nitrogens with one attached hydrogen (secondary N) is 2. The molecule has 2 aromatic rings. The van der Waals surface area contributed by atoms with Gasteiger partial charge in [-0.1, -0.05) is 18.2 Å². The van der Waals surface area contributed by atoms with Gasteiger partial charge < -0.3 is 10.6 Å². The van der Waals surface area contributed by atoms with Gasteiger partial charge in [-0.3, -0.25) is 4.79 Å². The highest BCUT2D eigenvalue weighted by atomic mass is 32.1. The van der Waals surface area contributed by atoms with Crippen molar-refractivity contribution in [1.82, 2.24) is 10.6 Å². The van der Waals surface area contributed by atoms with E-state index in [1.54, 1.807) is 11.3 Å². The van der Waals surface area contributed by atoms with Gasteiger partial charge in [0, 0.05) is 15.5 Å². The number of carbonyl (C=O) groups is 1. The van der Waals surface area contributed by atoms with Crippen molar-refractivity contribution in [1.29, 1.82) is 0 Å². The van der Waals surface area contributed by atoms with Crippen molar-refractivity contribution in [2.75, 3.05) is 13.1 Å². The molecule has 2 atom stereocenters. The number of piperidine rings is 1. The van der Waals surface area contributed by atoms with Crippen LogP contribution in [0, 0.1) is 11.3 Å². The highest BCUT2D eigenvalue weighted by molar-refractivity contribution is 7.19. The lowest BCUT2D eigenvalue weighted by molar-refractivity contribution is -0.123. The molecule has 2 fully saturated rings. The minimum absolute atomic E-state index is 0.101. The summed E-state index contributed by atoms with van der Waals surface area (Å²) in [5.74, 6) is 0.498. The molecular weight excluding hydrogens is 292 g/mol. The van der Waals surface area contributed by atoms with Crippen LogP contribution in [0.2, 0.25) is 0 Å². The Hall–Kier alpha value is -1.39. The standard InChI is InChI=1S/C18H22N2OS/c1-12(16-10-13-4-2-3-5-15(13)22-16)20-17(21)14-11-18(14)6-8-19-9-7-18/h2-5,10,12,14,19H,6-9,11H2,1H3,(H,20,21). The molecule has 2 aliphatic rings. The van der Waals surface area contributed by atoms with Crippen LogP contribution in [-0.2, 0) is 4.79 Å². The molecule has 1 spiro atoms. The molecule has 2 heterocycles. The van der Waals surface area contributed by atoms with Crippen molar-refractivity contribution < 1.29 is 4.79 Å². The second-order valence-electron chi connectivity index (χ2n) is 6.79. The first-order valence-electron chi connectivity index (χ1n) is 8.18. The zero-order chi connectivity index (χ0) is 15.2. The molecule has 1 aromatic carbocycles. The molecule has 0 bridgehead atoms. The van der Waals surface area contributed by atoms with Crippen LogP contribution < -0.4 is 10.6 Å². The van der Waals surface area contributed by atoms with Gasteiger partial charge in [-0.05, 0) is 62.2 Å². The van der Waals surface area contributed by atoms with E-state index < -0.39 is 0 Å². The number of amides is 1. The summed E-state index contributed by atoms with van der Waals surface area (Å²) >= 11 is 1.78. The molecule has 4 heteroatoms. The molecule has 0 radical (unpaired) electrons. The molecule has 1 saturated heterocycles. The van der Waals surface area contributed by atoms with Gasteiger partial charge in [0.15, 0.2) is 0 Å². The van der Waals surface area contributed by atoms with Gasteiger partial charge in [0.25, 0.3) is 0 Å². The lowest BCUT2D eigenvalue weighted by Gasteiger charge is -2.23. The maximum absolute atomic E-state index is 12.6. The number of thiophene rings is 1. The monoisotopic (exact) mass is 314 g/mol. The fraction of sp³-hybridized carbons (Fsp3) is 0.500. The summed E-state index contributed by atoms with van der Waals surface area (Å²) in [4.78, 5) is 13.8. The largest absolute Gasteiger partial charge is 0.349 e. The Bertz CT molecular complexity index is 669. The zero-order valence-electron chi connectivity index (χ0n) is 12.9. The number of carbonyl (C=O) groups excluding carboxylic acids is 1. The zero-order valence-corrected chi connectivity index (χ0v) is 13.7. The molecule has 1 amide bonds. The highest BCUT2D eigenvalue weighted by Crippen LogP contribution is 2.58. The van der Waals surface area contributed by atoms with E-state index in [1.165, 1.54) is 15.0 Å². The van der Waals surface area contributed by atoms with E-state index in [0.29, 0.717) is 5.41 Å². The summed E-state index contributed by atoms with van der Waals surface area (Å²) in [6.45, 7) is 4.23. The molecule has 3 nitrogen and oxygen atoms in total. The average Bonchev–Trinajstić information content (AvgIpc) is 3.05. The first-order chi connectivity index (χ1) is 10.7. The predicted molar refractivity (Wildman–Crippen MR) is 91.0 cm³/mol. The van der Waals surface area contributed by atoms with Gasteiger partial charge in [0.2, 0.25) is 5.91 Å². The summed E-state index contributed by atoms with van der Waals surface area (Å²) in [5.41, 5.74) is 0.315. The topological polar surface area (TPSA) is 41.1 Å². The fourth-order valence-corrected chi connectivity index (χ4v) is 4.86. The van der Waals surface area contributed by atoms with E-state index in [-0.39, 0.29) is 17.9 Å². The van der Waals surface area contributed by atoms with Gasteiger partial charge in [0.1, 0.15) is 0 Å². The Morgan fingerprint density at radius 1 is 1.36 bits per heavy atom. The Labute approximate surface area is 135 Å². The van der Waals surface area contributed by atoms with Crippen molar-refractivity contribution in [2.24, 2.45) is 11.3 Å². The number of hydrogen-bond donors (Lipinski definition) is 2. The highest BCUT2D eigenvalue weighted by Gasteiger charge is 2.57. The van der Waals surface area contributed by atoms with Crippen LogP contribution in [0.1, 0.15) is 37.1 Å². The van der Waals surface area contributed by atoms with E-state index in [9.17, 15) is 4.79 Å². The molecule has 1 aliphatic carbocycles. The minimum atomic E-state index is 0.101. The van der Waals surface area contributed by atoms with E-state index in [2.05, 4.69) is 47.9 Å². The van der Waals surface area contributed by atoms with Crippen molar-refractivity contribution in [3.05, 3.63) is 35.2 Å². The molecule has 1 aliphatic heterocycles. The van der Waals surface area contributed by atoms with Crippen LogP contribution in [0.3, 0.4) is 0 Å². The Morgan fingerprint density at radius 3 is 2.91 bits per heavy atom. The minimum Gasteiger partial charge on any atom is -0.349 e. The summed E-state index contributed by atoms with van der Waals surface area (Å²) in [7, 11) is 0. The van der Waals surface area contributed by atoms with Gasteiger partial charge >= 0.3 is 0 Å². The molecule has 22 heavy (non-hydrogen) atoms. The molecule has 4 rings (SSSR count). The first kappa shape index (κ1) is 14.2. The number of hydrogen-bond acceptors (Lipinski definition) is 3. The quantitative estimate of drug-likeness (QED) is 0.911. The summed E-state index contributed by atoms with van der Waals surface area (Å²) in [6, 6.07) is 10.7. The second kappa shape index (κ2) is 5.36. The molecule has 2 N–H and O–H groups in total. The van der Waals surface area contributed by atoms with E-state index >= 15 is 0 Å². The van der Waals surface area contributed by atoms with Crippen LogP contribution >= 0.6 is 11.3 Å². The molecule has 1 aromatic heterocycles. The normalized spacial score (nSPS) is 24.3. The summed E-state index contributed by atoms with van der Waals surface area (Å²) in [6.07, 6.45) is 3.39. The Balaban J connectivity index is 1.43. The first-order valence-corrected chi connectivity index (χ1v) is 8.99. The van der Waals surface area contributed by atoms with Crippen molar-refractivity contribution in [3.63, 3.8) is 0 Å². The van der Waals surface area contributed by atoms with Crippen molar-refractivity contribution >= 4 is 27.3 Å². The lowest BCUT2D eigenvalue weighted by atomic mass is 9.91. The second-order valence-corrected chi connectivity index (χ2v) is 7.90. The molecule has 116 valence electrons. The van der Waals surface area contributed by atoms with Crippen LogP contribution in [-0.4, -0.2) is 19.0 Å². The van der Waals surface area contributed by atoms with Crippen molar-refractivity contribution in [2.45, 2.75) is 32.2 Å². The predicted octanol–water partition coefficient (Wildman–Crippen LogP) is 3.47. The third kappa shape index (κ3) is 2.44. The van der Waals surface area contributed by atoms with Gasteiger partial charge in [-0.25, -0.2) is 0 Å². The van der Waals surface area contributed by atoms with Crippen molar-refractivity contribution in [3.8, 4) is 0 Å². The Morgan fingerprint density at radius 2 is 2.14 bits per heavy atom. The molecule has 1 saturated carbocycles. The number of rotatable bonds is 3. The van der Waals surface area contributed by atoms with E-state index in [1.807, 2.05) is 0 Å². The SMILES string of the molecule is CC(NC(=O)C1CC12CCNCC2)c1cc2ccccc2s1. The summed E-state index contributed by atoms with van der Waals surface area (Å²) in [5, 5.41) is 7.90. The third-order valence-electron chi connectivity index (χ3n) is 5.34. The van der Waals surface area contributed by atoms with Gasteiger partial charge in [-0.15, -0.1) is 11.3 Å². The van der Waals surface area contributed by atoms with E-state index in [4.69, 9.17) is 0 Å². The van der Waals surface area contributed by atoms with Gasteiger partial charge in [-0.2, -0.15) is 0 Å². The lowest BCUT2D eigenvalue weighted by Crippen LogP contribution is -2.34. The smallest absolute Gasteiger partial charge is 0.224 e. The van der Waals surface area contributed by atoms with E-state index in [0.717, 1.165) is 32.4 Å². The van der Waals surface area contributed by atoms with Crippen LogP contribution in [0.25, 0.3) is 10.1 Å². The number of benzene rings is 1. The van der Waals surface area contributed by atoms with Crippen LogP contribution in [0.5, 0.6) is 0 Å². The fourth-order valence-electron chi connectivity index (χ4n) is 3.80.